The Bertz CT molecular complexity index is 1020. The lowest BCUT2D eigenvalue weighted by molar-refractivity contribution is 0.0284. The molecule has 2 aliphatic rings. The molecule has 1 N–H and O–H groups in total. The van der Waals surface area contributed by atoms with Crippen molar-refractivity contribution in [2.75, 3.05) is 29.9 Å². The topological polar surface area (TPSA) is 74.8 Å². The standard InChI is InChI=1S/C23H26F2N4O3/c1-23(2,3)32-22(31)28-12-14-4-5-29(20(14)13-28)19-6-15(10-26-11-19)21(30)27-18-8-16(24)7-17(25)9-18/h6-11,14,20H,4-5,12-13H2,1-3H3,(H,27,30). The van der Waals surface area contributed by atoms with Crippen molar-refractivity contribution in [3.05, 3.63) is 53.9 Å². The molecule has 2 atom stereocenters. The lowest BCUT2D eigenvalue weighted by Gasteiger charge is -2.28. The zero-order valence-corrected chi connectivity index (χ0v) is 18.3. The van der Waals surface area contributed by atoms with E-state index in [1.807, 2.05) is 20.8 Å². The van der Waals surface area contributed by atoms with Crippen molar-refractivity contribution >= 4 is 23.4 Å². The Balaban J connectivity index is 1.46. The molecule has 0 spiro atoms. The molecule has 2 aromatic rings. The van der Waals surface area contributed by atoms with Gasteiger partial charge in [0.2, 0.25) is 0 Å². The van der Waals surface area contributed by atoms with E-state index in [4.69, 9.17) is 4.74 Å². The van der Waals surface area contributed by atoms with Crippen molar-refractivity contribution in [2.24, 2.45) is 5.92 Å². The SMILES string of the molecule is CC(C)(C)OC(=O)N1CC2CCN(c3cncc(C(=O)Nc4cc(F)cc(F)c4)c3)C2C1. The van der Waals surface area contributed by atoms with Gasteiger partial charge in [0, 0.05) is 43.5 Å². The number of nitrogens with one attached hydrogen (secondary N) is 1. The highest BCUT2D eigenvalue weighted by molar-refractivity contribution is 6.04. The second-order valence-electron chi connectivity index (χ2n) is 9.24. The minimum absolute atomic E-state index is 0.0305. The maximum Gasteiger partial charge on any atom is 0.410 e. The molecule has 1 aromatic heterocycles. The Kier molecular flexibility index (Phi) is 5.75. The van der Waals surface area contributed by atoms with Crippen LogP contribution in [0.5, 0.6) is 0 Å². The van der Waals surface area contributed by atoms with E-state index in [-0.39, 0.29) is 23.4 Å². The summed E-state index contributed by atoms with van der Waals surface area (Å²) in [6.07, 6.45) is 3.68. The molecule has 0 saturated carbocycles. The first kappa shape index (κ1) is 22.0. The molecule has 2 fully saturated rings. The highest BCUT2D eigenvalue weighted by atomic mass is 19.1. The van der Waals surface area contributed by atoms with Crippen molar-refractivity contribution in [1.29, 1.82) is 0 Å². The number of hydrogen-bond donors (Lipinski definition) is 1. The van der Waals surface area contributed by atoms with Crippen LogP contribution in [0.15, 0.2) is 36.7 Å². The van der Waals surface area contributed by atoms with E-state index in [2.05, 4.69) is 15.2 Å². The van der Waals surface area contributed by atoms with Gasteiger partial charge < -0.3 is 19.9 Å². The van der Waals surface area contributed by atoms with Crippen molar-refractivity contribution < 1.29 is 23.1 Å². The van der Waals surface area contributed by atoms with E-state index in [9.17, 15) is 18.4 Å². The number of anilines is 2. The maximum atomic E-state index is 13.4. The maximum absolute atomic E-state index is 13.4. The quantitative estimate of drug-likeness (QED) is 0.773. The summed E-state index contributed by atoms with van der Waals surface area (Å²) < 4.78 is 32.3. The highest BCUT2D eigenvalue weighted by Gasteiger charge is 2.44. The zero-order valence-electron chi connectivity index (χ0n) is 18.3. The summed E-state index contributed by atoms with van der Waals surface area (Å²) in [7, 11) is 0. The number of rotatable bonds is 3. The number of nitrogens with zero attached hydrogens (tertiary/aromatic N) is 3. The monoisotopic (exact) mass is 444 g/mol. The Morgan fingerprint density at radius 1 is 1.09 bits per heavy atom. The number of hydrogen-bond acceptors (Lipinski definition) is 5. The van der Waals surface area contributed by atoms with Gasteiger partial charge in [0.25, 0.3) is 5.91 Å². The average Bonchev–Trinajstić information content (AvgIpc) is 3.26. The number of carbonyl (C=O) groups excluding carboxylic acids is 2. The van der Waals surface area contributed by atoms with Gasteiger partial charge in [0.1, 0.15) is 17.2 Å². The number of ether oxygens (including phenoxy) is 1. The highest BCUT2D eigenvalue weighted by Crippen LogP contribution is 2.35. The number of benzene rings is 1. The lowest BCUT2D eigenvalue weighted by atomic mass is 10.1. The van der Waals surface area contributed by atoms with E-state index < -0.39 is 23.1 Å². The Morgan fingerprint density at radius 3 is 2.50 bits per heavy atom. The largest absolute Gasteiger partial charge is 0.444 e. The van der Waals surface area contributed by atoms with Crippen molar-refractivity contribution in [2.45, 2.75) is 38.8 Å². The molecule has 7 nitrogen and oxygen atoms in total. The minimum atomic E-state index is -0.772. The van der Waals surface area contributed by atoms with Crippen LogP contribution in [0.3, 0.4) is 0 Å². The number of pyridine rings is 1. The summed E-state index contributed by atoms with van der Waals surface area (Å²) in [5, 5.41) is 2.50. The Morgan fingerprint density at radius 2 is 1.81 bits per heavy atom. The van der Waals surface area contributed by atoms with E-state index in [1.54, 1.807) is 17.2 Å². The van der Waals surface area contributed by atoms with Gasteiger partial charge in [-0.1, -0.05) is 0 Å². The number of likely N-dealkylation sites (tertiary alicyclic amines) is 1. The summed E-state index contributed by atoms with van der Waals surface area (Å²) in [4.78, 5) is 33.2. The fourth-order valence-corrected chi connectivity index (χ4v) is 4.30. The smallest absolute Gasteiger partial charge is 0.410 e. The number of carbonyl (C=O) groups is 2. The minimum Gasteiger partial charge on any atom is -0.444 e. The molecule has 3 heterocycles. The van der Waals surface area contributed by atoms with Gasteiger partial charge in [0.15, 0.2) is 0 Å². The van der Waals surface area contributed by atoms with Crippen LogP contribution in [0.2, 0.25) is 0 Å². The third kappa shape index (κ3) is 4.81. The van der Waals surface area contributed by atoms with Gasteiger partial charge in [-0.05, 0) is 45.4 Å². The van der Waals surface area contributed by atoms with Crippen LogP contribution < -0.4 is 10.2 Å². The van der Waals surface area contributed by atoms with Crippen molar-refractivity contribution in [1.82, 2.24) is 9.88 Å². The van der Waals surface area contributed by atoms with Crippen LogP contribution in [-0.2, 0) is 4.74 Å². The second-order valence-corrected chi connectivity index (χ2v) is 9.24. The fraction of sp³-hybridized carbons (Fsp3) is 0.435. The molecule has 2 saturated heterocycles. The van der Waals surface area contributed by atoms with Crippen LogP contribution in [0, 0.1) is 17.6 Å². The van der Waals surface area contributed by atoms with E-state index >= 15 is 0 Å². The van der Waals surface area contributed by atoms with Gasteiger partial charge in [-0.3, -0.25) is 9.78 Å². The zero-order chi connectivity index (χ0) is 23.0. The third-order valence-electron chi connectivity index (χ3n) is 5.64. The molecular formula is C23H26F2N4O3. The first-order valence-corrected chi connectivity index (χ1v) is 10.6. The van der Waals surface area contributed by atoms with Crippen LogP contribution >= 0.6 is 0 Å². The third-order valence-corrected chi connectivity index (χ3v) is 5.64. The molecule has 170 valence electrons. The molecule has 9 heteroatoms. The summed E-state index contributed by atoms with van der Waals surface area (Å²) in [6, 6.07) is 4.65. The van der Waals surface area contributed by atoms with E-state index in [0.717, 1.165) is 36.9 Å². The molecule has 1 aromatic carbocycles. The first-order valence-electron chi connectivity index (χ1n) is 10.6. The summed E-state index contributed by atoms with van der Waals surface area (Å²) in [6.45, 7) is 7.49. The summed E-state index contributed by atoms with van der Waals surface area (Å²) in [5.41, 5.74) is 0.521. The first-order chi connectivity index (χ1) is 15.1. The Labute approximate surface area is 185 Å². The molecular weight excluding hydrogens is 418 g/mol. The number of halogens is 2. The van der Waals surface area contributed by atoms with Gasteiger partial charge in [0.05, 0.1) is 23.5 Å². The van der Waals surface area contributed by atoms with Crippen molar-refractivity contribution in [3.63, 3.8) is 0 Å². The molecule has 0 radical (unpaired) electrons. The van der Waals surface area contributed by atoms with Crippen LogP contribution in [0.25, 0.3) is 0 Å². The molecule has 0 aliphatic carbocycles. The molecule has 2 aliphatic heterocycles. The second kappa shape index (κ2) is 8.37. The predicted molar refractivity (Wildman–Crippen MR) is 116 cm³/mol. The molecule has 0 bridgehead atoms. The molecule has 2 amide bonds. The average molecular weight is 444 g/mol. The molecule has 2 unspecified atom stereocenters. The van der Waals surface area contributed by atoms with Crippen LogP contribution in [-0.4, -0.2) is 53.2 Å². The van der Waals surface area contributed by atoms with Gasteiger partial charge in [-0.25, -0.2) is 13.6 Å². The lowest BCUT2D eigenvalue weighted by Crippen LogP contribution is -2.39. The van der Waals surface area contributed by atoms with Crippen LogP contribution in [0.4, 0.5) is 25.0 Å². The number of amides is 2. The van der Waals surface area contributed by atoms with E-state index in [1.165, 1.54) is 6.20 Å². The number of fused-ring (bicyclic) bond motifs is 1. The number of aromatic nitrogens is 1. The van der Waals surface area contributed by atoms with Gasteiger partial charge >= 0.3 is 6.09 Å². The predicted octanol–water partition coefficient (Wildman–Crippen LogP) is 4.06. The molecule has 4 rings (SSSR count). The fourth-order valence-electron chi connectivity index (χ4n) is 4.30. The van der Waals surface area contributed by atoms with Gasteiger partial charge in [-0.2, -0.15) is 0 Å². The van der Waals surface area contributed by atoms with Crippen LogP contribution in [0.1, 0.15) is 37.6 Å². The molecule has 32 heavy (non-hydrogen) atoms. The normalized spacial score (nSPS) is 20.3. The Hall–Kier alpha value is -3.23. The van der Waals surface area contributed by atoms with E-state index in [0.29, 0.717) is 19.0 Å². The summed E-state index contributed by atoms with van der Waals surface area (Å²) >= 11 is 0. The van der Waals surface area contributed by atoms with Crippen molar-refractivity contribution in [3.8, 4) is 0 Å². The summed E-state index contributed by atoms with van der Waals surface area (Å²) in [5.74, 6) is -1.74. The van der Waals surface area contributed by atoms with Gasteiger partial charge in [-0.15, -0.1) is 0 Å².